The van der Waals surface area contributed by atoms with Gasteiger partial charge in [0.25, 0.3) is 5.91 Å². The van der Waals surface area contributed by atoms with Crippen molar-refractivity contribution in [2.24, 2.45) is 5.92 Å². The van der Waals surface area contributed by atoms with Crippen molar-refractivity contribution in [3.63, 3.8) is 0 Å². The Balaban J connectivity index is 1.64. The number of amides is 2. The molecule has 1 aliphatic rings. The first kappa shape index (κ1) is 18.5. The standard InChI is InChI=1S/C20H24N2O3S/c1-4-25-16-8-6-15(7-9-16)21-19(23)13-5-10-17-14(11-13)12-18(26-17)20(24)22(2)3/h6-9,12-13H,4-5,10-11H2,1-3H3,(H,21,23)/t13-/m0/s1. The van der Waals surface area contributed by atoms with E-state index in [1.54, 1.807) is 30.3 Å². The van der Waals surface area contributed by atoms with Gasteiger partial charge in [-0.2, -0.15) is 0 Å². The summed E-state index contributed by atoms with van der Waals surface area (Å²) in [6.45, 7) is 2.56. The number of aryl methyl sites for hydroxylation is 1. The van der Waals surface area contributed by atoms with Gasteiger partial charge in [0.05, 0.1) is 11.5 Å². The quantitative estimate of drug-likeness (QED) is 0.872. The van der Waals surface area contributed by atoms with Crippen LogP contribution < -0.4 is 10.1 Å². The van der Waals surface area contributed by atoms with Crippen molar-refractivity contribution in [3.05, 3.63) is 45.6 Å². The molecule has 26 heavy (non-hydrogen) atoms. The molecule has 0 bridgehead atoms. The molecule has 1 aromatic carbocycles. The summed E-state index contributed by atoms with van der Waals surface area (Å²) in [5.74, 6) is 0.793. The van der Waals surface area contributed by atoms with E-state index >= 15 is 0 Å². The van der Waals surface area contributed by atoms with Crippen molar-refractivity contribution in [2.75, 3.05) is 26.0 Å². The summed E-state index contributed by atoms with van der Waals surface area (Å²) in [7, 11) is 3.52. The normalized spacial score (nSPS) is 15.9. The minimum absolute atomic E-state index is 0.0276. The van der Waals surface area contributed by atoms with Crippen LogP contribution in [-0.4, -0.2) is 37.4 Å². The number of fused-ring (bicyclic) bond motifs is 1. The minimum Gasteiger partial charge on any atom is -0.494 e. The molecule has 6 heteroatoms. The molecule has 0 fully saturated rings. The largest absolute Gasteiger partial charge is 0.494 e. The van der Waals surface area contributed by atoms with E-state index in [4.69, 9.17) is 4.74 Å². The molecule has 0 radical (unpaired) electrons. The maximum Gasteiger partial charge on any atom is 0.263 e. The summed E-state index contributed by atoms with van der Waals surface area (Å²) in [5.41, 5.74) is 1.91. The minimum atomic E-state index is -0.0639. The molecule has 0 saturated carbocycles. The fourth-order valence-electron chi connectivity index (χ4n) is 3.12. The highest BCUT2D eigenvalue weighted by Gasteiger charge is 2.27. The number of ether oxygens (including phenoxy) is 1. The molecular weight excluding hydrogens is 348 g/mol. The fourth-order valence-corrected chi connectivity index (χ4v) is 4.35. The van der Waals surface area contributed by atoms with E-state index in [-0.39, 0.29) is 17.7 Å². The average Bonchev–Trinajstić information content (AvgIpc) is 3.05. The molecule has 1 aliphatic carbocycles. The lowest BCUT2D eigenvalue weighted by molar-refractivity contribution is -0.120. The zero-order valence-corrected chi connectivity index (χ0v) is 16.2. The van der Waals surface area contributed by atoms with Gasteiger partial charge in [-0.05, 0) is 62.1 Å². The van der Waals surface area contributed by atoms with Gasteiger partial charge in [0.15, 0.2) is 0 Å². The summed E-state index contributed by atoms with van der Waals surface area (Å²) in [5, 5.41) is 2.99. The Labute approximate surface area is 158 Å². The van der Waals surface area contributed by atoms with Gasteiger partial charge in [-0.25, -0.2) is 0 Å². The van der Waals surface area contributed by atoms with Crippen LogP contribution in [0.4, 0.5) is 5.69 Å². The Morgan fingerprint density at radius 2 is 2.00 bits per heavy atom. The summed E-state index contributed by atoms with van der Waals surface area (Å²) in [6.07, 6.45) is 2.35. The third-order valence-corrected chi connectivity index (χ3v) is 5.73. The smallest absolute Gasteiger partial charge is 0.263 e. The monoisotopic (exact) mass is 372 g/mol. The summed E-state index contributed by atoms with van der Waals surface area (Å²) in [4.78, 5) is 28.3. The molecule has 1 heterocycles. The molecule has 0 spiro atoms. The molecule has 1 N–H and O–H groups in total. The maximum atomic E-state index is 12.6. The summed E-state index contributed by atoms with van der Waals surface area (Å²) in [6, 6.07) is 9.38. The maximum absolute atomic E-state index is 12.6. The number of hydrogen-bond donors (Lipinski definition) is 1. The zero-order chi connectivity index (χ0) is 18.7. The number of carbonyl (C=O) groups excluding carboxylic acids is 2. The van der Waals surface area contributed by atoms with Crippen LogP contribution in [0.3, 0.4) is 0 Å². The molecule has 0 aliphatic heterocycles. The highest BCUT2D eigenvalue weighted by Crippen LogP contribution is 2.33. The lowest BCUT2D eigenvalue weighted by atomic mass is 9.87. The van der Waals surface area contributed by atoms with E-state index in [1.165, 1.54) is 4.88 Å². The van der Waals surface area contributed by atoms with Gasteiger partial charge in [0.1, 0.15) is 5.75 Å². The number of anilines is 1. The van der Waals surface area contributed by atoms with Crippen LogP contribution in [0.1, 0.15) is 33.5 Å². The molecule has 2 amide bonds. The van der Waals surface area contributed by atoms with Gasteiger partial charge < -0.3 is 15.0 Å². The molecule has 0 saturated heterocycles. The first-order chi connectivity index (χ1) is 12.5. The molecule has 5 nitrogen and oxygen atoms in total. The number of carbonyl (C=O) groups is 2. The van der Waals surface area contributed by atoms with Gasteiger partial charge in [-0.1, -0.05) is 0 Å². The molecular formula is C20H24N2O3S. The second-order valence-corrected chi connectivity index (χ2v) is 7.78. The summed E-state index contributed by atoms with van der Waals surface area (Å²) < 4.78 is 5.42. The first-order valence-electron chi connectivity index (χ1n) is 8.85. The predicted molar refractivity (Wildman–Crippen MR) is 104 cm³/mol. The van der Waals surface area contributed by atoms with Crippen LogP contribution in [0, 0.1) is 5.92 Å². The summed E-state index contributed by atoms with van der Waals surface area (Å²) >= 11 is 1.56. The van der Waals surface area contributed by atoms with E-state index in [1.807, 2.05) is 37.3 Å². The molecule has 3 rings (SSSR count). The third-order valence-electron chi connectivity index (χ3n) is 4.50. The van der Waals surface area contributed by atoms with Gasteiger partial charge in [0, 0.05) is 30.6 Å². The molecule has 138 valence electrons. The van der Waals surface area contributed by atoms with E-state index in [0.29, 0.717) is 13.0 Å². The second kappa shape index (κ2) is 7.91. The first-order valence-corrected chi connectivity index (χ1v) is 9.66. The van der Waals surface area contributed by atoms with Gasteiger partial charge in [-0.3, -0.25) is 9.59 Å². The second-order valence-electron chi connectivity index (χ2n) is 6.65. The van der Waals surface area contributed by atoms with Crippen LogP contribution in [0.5, 0.6) is 5.75 Å². The molecule has 0 unspecified atom stereocenters. The topological polar surface area (TPSA) is 58.6 Å². The van der Waals surface area contributed by atoms with Crippen LogP contribution >= 0.6 is 11.3 Å². The number of thiophene rings is 1. The van der Waals surface area contributed by atoms with Crippen LogP contribution in [0.2, 0.25) is 0 Å². The van der Waals surface area contributed by atoms with Gasteiger partial charge in [-0.15, -0.1) is 11.3 Å². The van der Waals surface area contributed by atoms with E-state index in [2.05, 4.69) is 5.32 Å². The Morgan fingerprint density at radius 1 is 1.27 bits per heavy atom. The van der Waals surface area contributed by atoms with Crippen molar-refractivity contribution in [2.45, 2.75) is 26.2 Å². The molecule has 1 aromatic heterocycles. The average molecular weight is 372 g/mol. The van der Waals surface area contributed by atoms with Crippen molar-refractivity contribution in [1.29, 1.82) is 0 Å². The SMILES string of the molecule is CCOc1ccc(NC(=O)[C@H]2CCc3sc(C(=O)N(C)C)cc3C2)cc1. The van der Waals surface area contributed by atoms with E-state index in [0.717, 1.165) is 34.7 Å². The number of nitrogens with zero attached hydrogens (tertiary/aromatic N) is 1. The van der Waals surface area contributed by atoms with Crippen LogP contribution in [-0.2, 0) is 17.6 Å². The fraction of sp³-hybridized carbons (Fsp3) is 0.400. The van der Waals surface area contributed by atoms with Gasteiger partial charge >= 0.3 is 0 Å². The zero-order valence-electron chi connectivity index (χ0n) is 15.4. The Morgan fingerprint density at radius 3 is 2.65 bits per heavy atom. The van der Waals surface area contributed by atoms with Crippen LogP contribution in [0.15, 0.2) is 30.3 Å². The Hall–Kier alpha value is -2.34. The highest BCUT2D eigenvalue weighted by atomic mass is 32.1. The highest BCUT2D eigenvalue weighted by molar-refractivity contribution is 7.14. The lowest BCUT2D eigenvalue weighted by Crippen LogP contribution is -2.27. The lowest BCUT2D eigenvalue weighted by Gasteiger charge is -2.21. The van der Waals surface area contributed by atoms with E-state index in [9.17, 15) is 9.59 Å². The number of nitrogens with one attached hydrogen (secondary N) is 1. The predicted octanol–water partition coefficient (Wildman–Crippen LogP) is 3.59. The van der Waals surface area contributed by atoms with Crippen molar-refractivity contribution in [3.8, 4) is 5.75 Å². The number of hydrogen-bond acceptors (Lipinski definition) is 4. The Bertz CT molecular complexity index is 796. The van der Waals surface area contributed by atoms with E-state index < -0.39 is 0 Å². The number of benzene rings is 1. The third kappa shape index (κ3) is 4.07. The van der Waals surface area contributed by atoms with Crippen LogP contribution in [0.25, 0.3) is 0 Å². The molecule has 2 aromatic rings. The van der Waals surface area contributed by atoms with Crippen molar-refractivity contribution < 1.29 is 14.3 Å². The Kier molecular flexibility index (Phi) is 5.61. The number of rotatable bonds is 5. The van der Waals surface area contributed by atoms with Crippen molar-refractivity contribution in [1.82, 2.24) is 4.90 Å². The van der Waals surface area contributed by atoms with Gasteiger partial charge in [0.2, 0.25) is 5.91 Å². The molecule has 1 atom stereocenters. The van der Waals surface area contributed by atoms with Crippen molar-refractivity contribution >= 4 is 28.8 Å².